The first-order chi connectivity index (χ1) is 8.97. The number of aromatic amines is 1. The highest BCUT2D eigenvalue weighted by atomic mass is 79.9. The van der Waals surface area contributed by atoms with E-state index >= 15 is 0 Å². The van der Waals surface area contributed by atoms with Crippen LogP contribution in [0.2, 0.25) is 0 Å². The molecule has 0 bridgehead atoms. The van der Waals surface area contributed by atoms with Gasteiger partial charge in [0.25, 0.3) is 11.6 Å². The highest BCUT2D eigenvalue weighted by Crippen LogP contribution is 2.24. The molecule has 0 unspecified atom stereocenters. The average molecular weight is 328 g/mol. The van der Waals surface area contributed by atoms with E-state index in [-0.39, 0.29) is 17.1 Å². The van der Waals surface area contributed by atoms with Gasteiger partial charge in [-0.15, -0.1) is 0 Å². The summed E-state index contributed by atoms with van der Waals surface area (Å²) in [5.41, 5.74) is 0.0357. The summed E-state index contributed by atoms with van der Waals surface area (Å²) >= 11 is 3.16. The largest absolute Gasteiger partial charge is 0.351 e. The first-order valence-corrected chi connectivity index (χ1v) is 5.86. The first-order valence-electron chi connectivity index (χ1n) is 5.06. The van der Waals surface area contributed by atoms with E-state index < -0.39 is 16.6 Å². The highest BCUT2D eigenvalue weighted by molar-refractivity contribution is 9.10. The van der Waals surface area contributed by atoms with Gasteiger partial charge in [-0.2, -0.15) is 0 Å². The molecular formula is C11H7BrFN3O3. The number of carbonyl (C=O) groups is 1. The van der Waals surface area contributed by atoms with Crippen LogP contribution in [0, 0.1) is 15.9 Å². The van der Waals surface area contributed by atoms with Crippen LogP contribution >= 0.6 is 15.9 Å². The predicted molar refractivity (Wildman–Crippen MR) is 69.5 cm³/mol. The van der Waals surface area contributed by atoms with Crippen molar-refractivity contribution in [3.8, 4) is 0 Å². The number of amides is 1. The van der Waals surface area contributed by atoms with E-state index in [1.165, 1.54) is 12.1 Å². The van der Waals surface area contributed by atoms with Crippen LogP contribution in [-0.4, -0.2) is 15.8 Å². The smallest absolute Gasteiger partial charge is 0.287 e. The van der Waals surface area contributed by atoms with Crippen molar-refractivity contribution in [2.24, 2.45) is 0 Å². The van der Waals surface area contributed by atoms with Crippen LogP contribution in [0.4, 0.5) is 15.8 Å². The van der Waals surface area contributed by atoms with Crippen molar-refractivity contribution in [3.63, 3.8) is 0 Å². The summed E-state index contributed by atoms with van der Waals surface area (Å²) < 4.78 is 13.5. The van der Waals surface area contributed by atoms with Gasteiger partial charge in [0.15, 0.2) is 0 Å². The number of nitrogens with one attached hydrogen (secondary N) is 2. The van der Waals surface area contributed by atoms with E-state index in [1.807, 2.05) is 0 Å². The molecule has 0 atom stereocenters. The number of nitrogens with zero attached hydrogens (tertiary/aromatic N) is 1. The molecular weight excluding hydrogens is 321 g/mol. The van der Waals surface area contributed by atoms with E-state index in [1.54, 1.807) is 0 Å². The second kappa shape index (κ2) is 5.19. The Bertz CT molecular complexity index is 656. The lowest BCUT2D eigenvalue weighted by molar-refractivity contribution is -0.384. The fourth-order valence-electron chi connectivity index (χ4n) is 1.40. The summed E-state index contributed by atoms with van der Waals surface area (Å²) in [5.74, 6) is -1.10. The van der Waals surface area contributed by atoms with Crippen LogP contribution in [0.3, 0.4) is 0 Å². The Morgan fingerprint density at radius 3 is 2.79 bits per heavy atom. The third-order valence-corrected chi connectivity index (χ3v) is 2.99. The minimum absolute atomic E-state index is 0.0165. The molecule has 98 valence electrons. The summed E-state index contributed by atoms with van der Waals surface area (Å²) in [7, 11) is 0. The quantitative estimate of drug-likeness (QED) is 0.670. The summed E-state index contributed by atoms with van der Waals surface area (Å²) in [4.78, 5) is 24.2. The van der Waals surface area contributed by atoms with Gasteiger partial charge in [-0.3, -0.25) is 14.9 Å². The lowest BCUT2D eigenvalue weighted by Gasteiger charge is -2.05. The average Bonchev–Trinajstić information content (AvgIpc) is 2.83. The summed E-state index contributed by atoms with van der Waals surface area (Å²) in [6.45, 7) is 0. The van der Waals surface area contributed by atoms with Gasteiger partial charge >= 0.3 is 0 Å². The molecule has 8 heteroatoms. The SMILES string of the molecule is O=C(Nc1cc(F)ccc1Br)c1cc([N+](=O)[O-])c[nH]1. The second-order valence-electron chi connectivity index (χ2n) is 3.61. The molecule has 0 aliphatic rings. The van der Waals surface area contributed by atoms with Gasteiger partial charge in [0.1, 0.15) is 11.5 Å². The lowest BCUT2D eigenvalue weighted by Crippen LogP contribution is -2.12. The molecule has 1 heterocycles. The molecule has 2 aromatic rings. The molecule has 0 fully saturated rings. The third-order valence-electron chi connectivity index (χ3n) is 2.30. The predicted octanol–water partition coefficient (Wildman–Crippen LogP) is 3.08. The first kappa shape index (κ1) is 13.2. The van der Waals surface area contributed by atoms with Gasteiger partial charge < -0.3 is 10.3 Å². The van der Waals surface area contributed by atoms with Gasteiger partial charge in [-0.05, 0) is 34.1 Å². The van der Waals surface area contributed by atoms with Gasteiger partial charge in [0.05, 0.1) is 16.8 Å². The van der Waals surface area contributed by atoms with Crippen molar-refractivity contribution in [1.29, 1.82) is 0 Å². The molecule has 6 nitrogen and oxygen atoms in total. The third kappa shape index (κ3) is 2.97. The zero-order valence-corrected chi connectivity index (χ0v) is 10.9. The Balaban J connectivity index is 2.20. The molecule has 1 aromatic carbocycles. The minimum Gasteiger partial charge on any atom is -0.351 e. The summed E-state index contributed by atoms with van der Waals surface area (Å²) in [5, 5.41) is 12.9. The van der Waals surface area contributed by atoms with E-state index in [0.717, 1.165) is 18.3 Å². The maximum absolute atomic E-state index is 13.0. The number of nitro groups is 1. The van der Waals surface area contributed by atoms with Gasteiger partial charge in [0.2, 0.25) is 0 Å². The Labute approximate surface area is 114 Å². The van der Waals surface area contributed by atoms with E-state index in [2.05, 4.69) is 26.2 Å². The molecule has 0 radical (unpaired) electrons. The number of benzene rings is 1. The highest BCUT2D eigenvalue weighted by Gasteiger charge is 2.15. The Morgan fingerprint density at radius 2 is 2.16 bits per heavy atom. The standard InChI is InChI=1S/C11H7BrFN3O3/c12-8-2-1-6(13)3-9(8)15-11(17)10-4-7(5-14-10)16(18)19/h1-5,14H,(H,15,17). The number of halogens is 2. The van der Waals surface area contributed by atoms with Crippen molar-refractivity contribution in [2.75, 3.05) is 5.32 Å². The molecule has 19 heavy (non-hydrogen) atoms. The fraction of sp³-hybridized carbons (Fsp3) is 0. The Hall–Kier alpha value is -2.22. The normalized spacial score (nSPS) is 10.2. The van der Waals surface area contributed by atoms with E-state index in [0.29, 0.717) is 4.47 Å². The second-order valence-corrected chi connectivity index (χ2v) is 4.46. The molecule has 1 amide bonds. The van der Waals surface area contributed by atoms with Crippen LogP contribution in [0.25, 0.3) is 0 Å². The van der Waals surface area contributed by atoms with Crippen LogP contribution in [-0.2, 0) is 0 Å². The molecule has 2 N–H and O–H groups in total. The fourth-order valence-corrected chi connectivity index (χ4v) is 1.75. The van der Waals surface area contributed by atoms with Crippen LogP contribution in [0.5, 0.6) is 0 Å². The molecule has 0 aliphatic heterocycles. The summed E-state index contributed by atoms with van der Waals surface area (Å²) in [6, 6.07) is 4.92. The number of anilines is 1. The number of hydrogen-bond acceptors (Lipinski definition) is 3. The zero-order chi connectivity index (χ0) is 14.0. The summed E-state index contributed by atoms with van der Waals surface area (Å²) in [6.07, 6.45) is 1.11. The monoisotopic (exact) mass is 327 g/mol. The molecule has 0 saturated carbocycles. The zero-order valence-electron chi connectivity index (χ0n) is 9.31. The lowest BCUT2D eigenvalue weighted by atomic mass is 10.3. The maximum atomic E-state index is 13.0. The van der Waals surface area contributed by atoms with Crippen LogP contribution in [0.15, 0.2) is 34.9 Å². The minimum atomic E-state index is -0.620. The van der Waals surface area contributed by atoms with Crippen LogP contribution < -0.4 is 5.32 Å². The van der Waals surface area contributed by atoms with E-state index in [4.69, 9.17) is 0 Å². The molecule has 0 aliphatic carbocycles. The van der Waals surface area contributed by atoms with E-state index in [9.17, 15) is 19.3 Å². The molecule has 0 spiro atoms. The van der Waals surface area contributed by atoms with Crippen molar-refractivity contribution >= 4 is 33.2 Å². The Morgan fingerprint density at radius 1 is 1.42 bits per heavy atom. The number of H-pyrrole nitrogens is 1. The number of hydrogen-bond donors (Lipinski definition) is 2. The maximum Gasteiger partial charge on any atom is 0.287 e. The van der Waals surface area contributed by atoms with Gasteiger partial charge in [0, 0.05) is 10.5 Å². The van der Waals surface area contributed by atoms with Crippen molar-refractivity contribution in [3.05, 3.63) is 56.6 Å². The van der Waals surface area contributed by atoms with Crippen molar-refractivity contribution < 1.29 is 14.1 Å². The van der Waals surface area contributed by atoms with Crippen LogP contribution in [0.1, 0.15) is 10.5 Å². The molecule has 2 rings (SSSR count). The topological polar surface area (TPSA) is 88.0 Å². The number of rotatable bonds is 3. The number of carbonyl (C=O) groups excluding carboxylic acids is 1. The van der Waals surface area contributed by atoms with Crippen molar-refractivity contribution in [1.82, 2.24) is 4.98 Å². The van der Waals surface area contributed by atoms with Crippen molar-refractivity contribution in [2.45, 2.75) is 0 Å². The molecule has 1 aromatic heterocycles. The number of aromatic nitrogens is 1. The van der Waals surface area contributed by atoms with Gasteiger partial charge in [-0.1, -0.05) is 0 Å². The molecule has 0 saturated heterocycles. The Kier molecular flexibility index (Phi) is 3.61. The van der Waals surface area contributed by atoms with Gasteiger partial charge in [-0.25, -0.2) is 4.39 Å².